The minimum Gasteiger partial charge on any atom is -0.494 e. The number of hydrogen-bond donors (Lipinski definition) is 1. The van der Waals surface area contributed by atoms with Crippen LogP contribution in [0.25, 0.3) is 11.0 Å². The zero-order valence-corrected chi connectivity index (χ0v) is 15.2. The molecule has 2 aromatic carbocycles. The summed E-state index contributed by atoms with van der Waals surface area (Å²) in [7, 11) is 0. The zero-order valence-electron chi connectivity index (χ0n) is 15.2. The second-order valence-corrected chi connectivity index (χ2v) is 6.16. The van der Waals surface area contributed by atoms with E-state index in [1.54, 1.807) is 24.3 Å². The molecule has 0 saturated heterocycles. The smallest absolute Gasteiger partial charge is 0.271 e. The van der Waals surface area contributed by atoms with Crippen molar-refractivity contribution in [3.05, 3.63) is 64.9 Å². The van der Waals surface area contributed by atoms with Gasteiger partial charge in [0, 0.05) is 16.5 Å². The fourth-order valence-electron chi connectivity index (χ4n) is 2.61. The van der Waals surface area contributed by atoms with Gasteiger partial charge in [0.2, 0.25) is 0 Å². The van der Waals surface area contributed by atoms with E-state index in [0.717, 1.165) is 34.3 Å². The van der Waals surface area contributed by atoms with E-state index < -0.39 is 0 Å². The molecule has 1 aromatic heterocycles. The highest BCUT2D eigenvalue weighted by Crippen LogP contribution is 2.24. The molecule has 0 fully saturated rings. The van der Waals surface area contributed by atoms with Crippen LogP contribution in [0.2, 0.25) is 0 Å². The summed E-state index contributed by atoms with van der Waals surface area (Å²) in [6.07, 6.45) is 2.47. The van der Waals surface area contributed by atoms with E-state index in [1.807, 2.05) is 39.0 Å². The Morgan fingerprint density at radius 2 is 1.96 bits per heavy atom. The molecule has 1 heterocycles. The number of benzene rings is 2. The van der Waals surface area contributed by atoms with Gasteiger partial charge in [-0.2, -0.15) is 5.10 Å². The SMILES string of the molecule is CCCOc1ccc(C(=O)N/N=C\c2oc3cc(C)ccc3c2C)cc1. The number of fused-ring (bicyclic) bond motifs is 1. The summed E-state index contributed by atoms with van der Waals surface area (Å²) >= 11 is 0. The van der Waals surface area contributed by atoms with Crippen LogP contribution in [0.5, 0.6) is 5.75 Å². The summed E-state index contributed by atoms with van der Waals surface area (Å²) in [5.74, 6) is 1.10. The molecule has 3 rings (SSSR count). The Labute approximate surface area is 152 Å². The molecule has 0 aliphatic carbocycles. The molecule has 1 N–H and O–H groups in total. The van der Waals surface area contributed by atoms with Gasteiger partial charge in [0.05, 0.1) is 12.8 Å². The van der Waals surface area contributed by atoms with E-state index in [1.165, 1.54) is 6.21 Å². The number of amides is 1. The van der Waals surface area contributed by atoms with Gasteiger partial charge in [-0.1, -0.05) is 19.1 Å². The minimum absolute atomic E-state index is 0.284. The van der Waals surface area contributed by atoms with Crippen LogP contribution < -0.4 is 10.2 Å². The predicted molar refractivity (Wildman–Crippen MR) is 103 cm³/mol. The highest BCUT2D eigenvalue weighted by Gasteiger charge is 2.09. The van der Waals surface area contributed by atoms with Crippen LogP contribution in [0.4, 0.5) is 0 Å². The summed E-state index contributed by atoms with van der Waals surface area (Å²) in [6, 6.07) is 13.0. The van der Waals surface area contributed by atoms with Gasteiger partial charge < -0.3 is 9.15 Å². The van der Waals surface area contributed by atoms with Crippen LogP contribution in [0.1, 0.15) is 40.6 Å². The Hall–Kier alpha value is -3.08. The Bertz CT molecular complexity index is 940. The van der Waals surface area contributed by atoms with Crippen molar-refractivity contribution in [1.29, 1.82) is 0 Å². The van der Waals surface area contributed by atoms with E-state index in [-0.39, 0.29) is 5.91 Å². The molecule has 0 aliphatic rings. The number of ether oxygens (including phenoxy) is 1. The number of carbonyl (C=O) groups excluding carboxylic acids is 1. The molecular formula is C21H22N2O3. The van der Waals surface area contributed by atoms with Gasteiger partial charge in [0.1, 0.15) is 11.3 Å². The standard InChI is InChI=1S/C21H22N2O3/c1-4-11-25-17-8-6-16(7-9-17)21(24)23-22-13-20-15(3)18-10-5-14(2)12-19(18)26-20/h5-10,12-13H,4,11H2,1-3H3,(H,23,24)/b22-13-. The number of hydrazone groups is 1. The van der Waals surface area contributed by atoms with E-state index in [2.05, 4.69) is 10.5 Å². The topological polar surface area (TPSA) is 63.8 Å². The maximum atomic E-state index is 12.2. The first kappa shape index (κ1) is 17.7. The van der Waals surface area contributed by atoms with Crippen molar-refractivity contribution in [3.8, 4) is 5.75 Å². The lowest BCUT2D eigenvalue weighted by atomic mass is 10.1. The number of aryl methyl sites for hydroxylation is 2. The Morgan fingerprint density at radius 1 is 1.19 bits per heavy atom. The third-order valence-corrected chi connectivity index (χ3v) is 4.07. The second-order valence-electron chi connectivity index (χ2n) is 6.16. The van der Waals surface area contributed by atoms with E-state index in [4.69, 9.17) is 9.15 Å². The Kier molecular flexibility index (Phi) is 5.37. The number of nitrogens with zero attached hydrogens (tertiary/aromatic N) is 1. The number of hydrogen-bond acceptors (Lipinski definition) is 4. The van der Waals surface area contributed by atoms with E-state index >= 15 is 0 Å². The molecule has 5 nitrogen and oxygen atoms in total. The van der Waals surface area contributed by atoms with Crippen molar-refractivity contribution in [2.45, 2.75) is 27.2 Å². The van der Waals surface area contributed by atoms with Crippen LogP contribution >= 0.6 is 0 Å². The molecule has 0 saturated carbocycles. The molecule has 0 radical (unpaired) electrons. The quantitative estimate of drug-likeness (QED) is 0.522. The lowest BCUT2D eigenvalue weighted by Gasteiger charge is -2.05. The largest absolute Gasteiger partial charge is 0.494 e. The first-order valence-corrected chi connectivity index (χ1v) is 8.64. The zero-order chi connectivity index (χ0) is 18.5. The Morgan fingerprint density at radius 3 is 2.69 bits per heavy atom. The number of rotatable bonds is 6. The fraction of sp³-hybridized carbons (Fsp3) is 0.238. The number of carbonyl (C=O) groups is 1. The predicted octanol–water partition coefficient (Wildman–Crippen LogP) is 4.60. The maximum absolute atomic E-state index is 12.2. The van der Waals surface area contributed by atoms with Crippen LogP contribution in [0.3, 0.4) is 0 Å². The minimum atomic E-state index is -0.284. The summed E-state index contributed by atoms with van der Waals surface area (Å²) in [5, 5.41) is 5.07. The molecule has 0 bridgehead atoms. The Balaban J connectivity index is 1.66. The molecule has 3 aromatic rings. The summed E-state index contributed by atoms with van der Waals surface area (Å²) < 4.78 is 11.3. The number of nitrogens with one attached hydrogen (secondary N) is 1. The second kappa shape index (κ2) is 7.87. The molecule has 5 heteroatoms. The fourth-order valence-corrected chi connectivity index (χ4v) is 2.61. The molecule has 0 aliphatic heterocycles. The van der Waals surface area contributed by atoms with Crippen LogP contribution in [-0.2, 0) is 0 Å². The van der Waals surface area contributed by atoms with Crippen molar-refractivity contribution in [1.82, 2.24) is 5.43 Å². The van der Waals surface area contributed by atoms with E-state index in [9.17, 15) is 4.79 Å². The number of furan rings is 1. The first-order valence-electron chi connectivity index (χ1n) is 8.64. The summed E-state index contributed by atoms with van der Waals surface area (Å²) in [5.41, 5.74) is 5.99. The van der Waals surface area contributed by atoms with Gasteiger partial charge >= 0.3 is 0 Å². The lowest BCUT2D eigenvalue weighted by molar-refractivity contribution is 0.0955. The van der Waals surface area contributed by atoms with Crippen molar-refractivity contribution >= 4 is 23.1 Å². The van der Waals surface area contributed by atoms with Crippen molar-refractivity contribution in [3.63, 3.8) is 0 Å². The van der Waals surface area contributed by atoms with Crippen molar-refractivity contribution in [2.75, 3.05) is 6.61 Å². The van der Waals surface area contributed by atoms with Gasteiger partial charge in [-0.3, -0.25) is 4.79 Å². The van der Waals surface area contributed by atoms with Gasteiger partial charge in [0.15, 0.2) is 5.76 Å². The van der Waals surface area contributed by atoms with Crippen LogP contribution in [-0.4, -0.2) is 18.7 Å². The first-order chi connectivity index (χ1) is 12.6. The molecule has 0 atom stereocenters. The third kappa shape index (κ3) is 3.94. The van der Waals surface area contributed by atoms with Gasteiger partial charge in [-0.25, -0.2) is 5.43 Å². The van der Waals surface area contributed by atoms with Gasteiger partial charge in [-0.05, 0) is 56.2 Å². The molecule has 26 heavy (non-hydrogen) atoms. The van der Waals surface area contributed by atoms with Crippen LogP contribution in [0, 0.1) is 13.8 Å². The normalized spacial score (nSPS) is 11.2. The lowest BCUT2D eigenvalue weighted by Crippen LogP contribution is -2.17. The molecule has 134 valence electrons. The summed E-state index contributed by atoms with van der Waals surface area (Å²) in [6.45, 7) is 6.69. The highest BCUT2D eigenvalue weighted by atomic mass is 16.5. The van der Waals surface area contributed by atoms with Crippen molar-refractivity contribution < 1.29 is 13.9 Å². The average molecular weight is 350 g/mol. The monoisotopic (exact) mass is 350 g/mol. The average Bonchev–Trinajstić information content (AvgIpc) is 2.95. The van der Waals surface area contributed by atoms with Gasteiger partial charge in [0.25, 0.3) is 5.91 Å². The van der Waals surface area contributed by atoms with Gasteiger partial charge in [-0.15, -0.1) is 0 Å². The van der Waals surface area contributed by atoms with E-state index in [0.29, 0.717) is 17.9 Å². The van der Waals surface area contributed by atoms with Crippen LogP contribution in [0.15, 0.2) is 52.0 Å². The maximum Gasteiger partial charge on any atom is 0.271 e. The molecule has 0 spiro atoms. The third-order valence-electron chi connectivity index (χ3n) is 4.07. The highest BCUT2D eigenvalue weighted by molar-refractivity contribution is 5.95. The van der Waals surface area contributed by atoms with Crippen molar-refractivity contribution in [2.24, 2.45) is 5.10 Å². The molecule has 0 unspecified atom stereocenters. The molecular weight excluding hydrogens is 328 g/mol. The summed E-state index contributed by atoms with van der Waals surface area (Å²) in [4.78, 5) is 12.2. The molecule has 1 amide bonds.